The van der Waals surface area contributed by atoms with Gasteiger partial charge in [-0.3, -0.25) is 0 Å². The Morgan fingerprint density at radius 2 is 1.03 bits per heavy atom. The Morgan fingerprint density at radius 3 is 1.37 bits per heavy atom. The summed E-state index contributed by atoms with van der Waals surface area (Å²) in [6, 6.07) is -0.0882. The monoisotopic (exact) mass is 450 g/mol. The Hall–Kier alpha value is -2.31. The summed E-state index contributed by atoms with van der Waals surface area (Å²) in [6.45, 7) is -0.0766. The zero-order valence-corrected chi connectivity index (χ0v) is 15.0. The van der Waals surface area contributed by atoms with Gasteiger partial charge in [-0.25, -0.2) is 22.0 Å². The van der Waals surface area contributed by atoms with E-state index in [-0.39, 0.29) is 18.2 Å². The number of alkyl halides is 6. The molecular weight excluding hydrogens is 440 g/mol. The normalized spacial score (nSPS) is 12.6. The van der Waals surface area contributed by atoms with Crippen LogP contribution in [0.4, 0.5) is 48.3 Å². The minimum atomic E-state index is -5.31. The first kappa shape index (κ1) is 24.0. The van der Waals surface area contributed by atoms with Crippen LogP contribution in [0.2, 0.25) is 0 Å². The fraction of sp³-hybridized carbons (Fsp3) is 0.294. The van der Waals surface area contributed by atoms with Gasteiger partial charge in [-0.2, -0.15) is 26.3 Å². The van der Waals surface area contributed by atoms with Gasteiger partial charge in [0.25, 0.3) is 0 Å². The minimum absolute atomic E-state index is 0.0837. The average Bonchev–Trinajstić information content (AvgIpc) is 2.62. The number of rotatable bonds is 4. The minimum Gasteiger partial charge on any atom is -0.425 e. The predicted octanol–water partition coefficient (Wildman–Crippen LogP) is 4.95. The Labute approximate surface area is 162 Å². The third-order valence-corrected chi connectivity index (χ3v) is 3.83. The van der Waals surface area contributed by atoms with Crippen LogP contribution in [0.25, 0.3) is 0 Å². The lowest BCUT2D eigenvalue weighted by atomic mass is 9.54. The zero-order chi connectivity index (χ0) is 23.2. The lowest BCUT2D eigenvalue weighted by Crippen LogP contribution is -2.51. The Kier molecular flexibility index (Phi) is 6.46. The van der Waals surface area contributed by atoms with Crippen LogP contribution in [-0.4, -0.2) is 13.0 Å². The highest BCUT2D eigenvalue weighted by Crippen LogP contribution is 2.35. The summed E-state index contributed by atoms with van der Waals surface area (Å²) in [5.74, 6) is -12.3. The third-order valence-electron chi connectivity index (χ3n) is 3.83. The van der Waals surface area contributed by atoms with Crippen molar-refractivity contribution >= 4 is 17.8 Å². The van der Waals surface area contributed by atoms with Crippen molar-refractivity contribution in [1.82, 2.24) is 0 Å². The van der Waals surface area contributed by atoms with Gasteiger partial charge in [-0.15, -0.1) is 0 Å². The van der Waals surface area contributed by atoms with Crippen molar-refractivity contribution in [3.8, 4) is 0 Å². The maximum Gasteiger partial charge on any atom is 0.416 e. The number of hydrogen-bond acceptors (Lipinski definition) is 1. The van der Waals surface area contributed by atoms with Crippen LogP contribution < -0.4 is 10.9 Å². The second kappa shape index (κ2) is 8.08. The first-order chi connectivity index (χ1) is 13.6. The van der Waals surface area contributed by atoms with Crippen LogP contribution in [0, 0.1) is 29.1 Å². The predicted molar refractivity (Wildman–Crippen MR) is 83.9 cm³/mol. The molecule has 0 spiro atoms. The van der Waals surface area contributed by atoms with Crippen molar-refractivity contribution < 1.29 is 52.9 Å². The molecule has 0 aliphatic carbocycles. The van der Waals surface area contributed by atoms with Crippen LogP contribution in [-0.2, 0) is 17.0 Å². The lowest BCUT2D eigenvalue weighted by molar-refractivity contribution is -0.142. The number of hydrogen-bond donors (Lipinski definition) is 0. The molecule has 0 aliphatic heterocycles. The molecule has 0 atom stereocenters. The van der Waals surface area contributed by atoms with Crippen LogP contribution >= 0.6 is 0 Å². The van der Waals surface area contributed by atoms with Crippen molar-refractivity contribution in [2.24, 2.45) is 0 Å². The molecule has 13 heteroatoms. The van der Waals surface area contributed by atoms with Gasteiger partial charge in [0.05, 0.1) is 11.1 Å². The Balaban J connectivity index is 2.88. The van der Waals surface area contributed by atoms with Gasteiger partial charge in [0.15, 0.2) is 29.1 Å². The van der Waals surface area contributed by atoms with Crippen LogP contribution in [0.15, 0.2) is 18.2 Å². The molecule has 0 radical (unpaired) electrons. The largest absolute Gasteiger partial charge is 0.425 e. The summed E-state index contributed by atoms with van der Waals surface area (Å²) in [5.41, 5.74) is -6.52. The molecule has 2 aromatic rings. The van der Waals surface area contributed by atoms with E-state index < -0.39 is 76.5 Å². The van der Waals surface area contributed by atoms with E-state index >= 15 is 0 Å². The van der Waals surface area contributed by atoms with Crippen molar-refractivity contribution in [3.05, 3.63) is 58.4 Å². The molecule has 0 unspecified atom stereocenters. The molecule has 164 valence electrons. The third kappa shape index (κ3) is 4.71. The van der Waals surface area contributed by atoms with E-state index in [1.165, 1.54) is 13.8 Å². The summed E-state index contributed by atoms with van der Waals surface area (Å²) in [6.07, 6.45) is -11.7. The highest BCUT2D eigenvalue weighted by molar-refractivity contribution is 6.80. The SMILES string of the molecule is CC(C)OB(c1cc(C(F)(F)F)cc(C(F)(F)F)c1)c1c(F)c(F)c(F)c(F)c1F. The molecule has 0 amide bonds. The highest BCUT2D eigenvalue weighted by atomic mass is 19.4. The molecule has 2 rings (SSSR count). The van der Waals surface area contributed by atoms with Gasteiger partial charge in [0.1, 0.15) is 0 Å². The maximum absolute atomic E-state index is 14.2. The summed E-state index contributed by atoms with van der Waals surface area (Å²) in [7, 11) is 0. The van der Waals surface area contributed by atoms with Crippen LogP contribution in [0.3, 0.4) is 0 Å². The van der Waals surface area contributed by atoms with E-state index in [2.05, 4.69) is 0 Å². The summed E-state index contributed by atoms with van der Waals surface area (Å²) >= 11 is 0. The number of benzene rings is 2. The maximum atomic E-state index is 14.2. The van der Waals surface area contributed by atoms with Gasteiger partial charge in [0.2, 0.25) is 0 Å². The van der Waals surface area contributed by atoms with Gasteiger partial charge in [0, 0.05) is 11.6 Å². The molecular formula is C17H10BF11O. The van der Waals surface area contributed by atoms with E-state index in [9.17, 15) is 48.3 Å². The molecule has 0 aliphatic rings. The molecule has 0 saturated carbocycles. The second-order valence-electron chi connectivity index (χ2n) is 6.39. The highest BCUT2D eigenvalue weighted by Gasteiger charge is 2.41. The second-order valence-corrected chi connectivity index (χ2v) is 6.39. The lowest BCUT2D eigenvalue weighted by Gasteiger charge is -2.22. The van der Waals surface area contributed by atoms with Gasteiger partial charge in [-0.05, 0) is 25.4 Å². The van der Waals surface area contributed by atoms with Crippen molar-refractivity contribution in [2.75, 3.05) is 0 Å². The fourth-order valence-corrected chi connectivity index (χ4v) is 2.57. The first-order valence-electron chi connectivity index (χ1n) is 8.01. The van der Waals surface area contributed by atoms with E-state index in [1.807, 2.05) is 0 Å². The molecule has 0 bridgehead atoms. The molecule has 1 nitrogen and oxygen atoms in total. The Morgan fingerprint density at radius 1 is 0.667 bits per heavy atom. The van der Waals surface area contributed by atoms with E-state index in [0.29, 0.717) is 0 Å². The van der Waals surface area contributed by atoms with E-state index in [1.54, 1.807) is 0 Å². The molecule has 0 aromatic heterocycles. The standard InChI is InChI=1S/C17H10BF11O/c1-6(2)30-18(10-11(19)13(21)15(23)14(22)12(10)20)9-4-7(16(24,25)26)3-8(5-9)17(27,28)29/h3-6H,1-2H3. The quantitative estimate of drug-likeness (QED) is 0.278. The summed E-state index contributed by atoms with van der Waals surface area (Å²) < 4.78 is 152. The van der Waals surface area contributed by atoms with Crippen molar-refractivity contribution in [2.45, 2.75) is 32.3 Å². The fourth-order valence-electron chi connectivity index (χ4n) is 2.57. The molecule has 2 aromatic carbocycles. The van der Waals surface area contributed by atoms with Crippen molar-refractivity contribution in [1.29, 1.82) is 0 Å². The first-order valence-corrected chi connectivity index (χ1v) is 8.01. The van der Waals surface area contributed by atoms with E-state index in [0.717, 1.165) is 0 Å². The van der Waals surface area contributed by atoms with Crippen LogP contribution in [0.5, 0.6) is 0 Å². The topological polar surface area (TPSA) is 9.23 Å². The van der Waals surface area contributed by atoms with Gasteiger partial charge >= 0.3 is 19.3 Å². The molecule has 0 N–H and O–H groups in total. The Bertz CT molecular complexity index is 889. The van der Waals surface area contributed by atoms with Gasteiger partial charge < -0.3 is 4.65 Å². The molecule has 30 heavy (non-hydrogen) atoms. The zero-order valence-electron chi connectivity index (χ0n) is 15.0. The molecule has 0 heterocycles. The summed E-state index contributed by atoms with van der Waals surface area (Å²) in [4.78, 5) is 0. The van der Waals surface area contributed by atoms with Crippen LogP contribution in [0.1, 0.15) is 25.0 Å². The molecule has 0 saturated heterocycles. The summed E-state index contributed by atoms with van der Waals surface area (Å²) in [5, 5.41) is 0. The number of halogens is 11. The van der Waals surface area contributed by atoms with Gasteiger partial charge in [-0.1, -0.05) is 12.1 Å². The van der Waals surface area contributed by atoms with E-state index in [4.69, 9.17) is 4.65 Å². The average molecular weight is 450 g/mol. The molecule has 0 fully saturated rings. The van der Waals surface area contributed by atoms with Crippen molar-refractivity contribution in [3.63, 3.8) is 0 Å². The smallest absolute Gasteiger partial charge is 0.416 e.